The summed E-state index contributed by atoms with van der Waals surface area (Å²) in [5, 5.41) is 0. The average molecular weight is 188 g/mol. The first kappa shape index (κ1) is 9.26. The molecule has 0 atom stereocenters. The van der Waals surface area contributed by atoms with Crippen LogP contribution in [0.5, 0.6) is 0 Å². The molecule has 1 aromatic rings. The second kappa shape index (κ2) is 4.28. The Morgan fingerprint density at radius 3 is 2.36 bits per heavy atom. The Hall–Kier alpha value is -1.30. The molecule has 0 saturated carbocycles. The van der Waals surface area contributed by atoms with Crippen molar-refractivity contribution in [3.05, 3.63) is 35.4 Å². The van der Waals surface area contributed by atoms with Crippen molar-refractivity contribution in [2.75, 3.05) is 13.2 Å². The Morgan fingerprint density at radius 1 is 1.14 bits per heavy atom. The summed E-state index contributed by atoms with van der Waals surface area (Å²) < 4.78 is 10.9. The largest absolute Gasteiger partial charge is 0.348 e. The van der Waals surface area contributed by atoms with Crippen molar-refractivity contribution in [1.82, 2.24) is 0 Å². The number of benzene rings is 1. The van der Waals surface area contributed by atoms with E-state index in [0.29, 0.717) is 0 Å². The zero-order chi connectivity index (χ0) is 9.80. The zero-order valence-corrected chi connectivity index (χ0v) is 7.90. The minimum Gasteiger partial charge on any atom is -0.348 e. The second-order valence-electron chi connectivity index (χ2n) is 3.19. The van der Waals surface area contributed by atoms with Gasteiger partial charge < -0.3 is 9.47 Å². The molecular weight excluding hydrogens is 176 g/mol. The summed E-state index contributed by atoms with van der Waals surface area (Å²) in [4.78, 5) is 0. The summed E-state index contributed by atoms with van der Waals surface area (Å²) in [6, 6.07) is 7.70. The van der Waals surface area contributed by atoms with E-state index in [-0.39, 0.29) is 6.29 Å². The molecule has 2 rings (SSSR count). The molecule has 1 fully saturated rings. The van der Waals surface area contributed by atoms with E-state index in [9.17, 15) is 0 Å². The maximum atomic E-state index is 5.46. The van der Waals surface area contributed by atoms with Gasteiger partial charge in [0, 0.05) is 11.1 Å². The number of hydrogen-bond acceptors (Lipinski definition) is 2. The highest BCUT2D eigenvalue weighted by Gasteiger charge is 2.15. The fourth-order valence-electron chi connectivity index (χ4n) is 1.42. The third-order valence-corrected chi connectivity index (χ3v) is 2.18. The van der Waals surface area contributed by atoms with E-state index in [1.165, 1.54) is 0 Å². The molecule has 0 aliphatic carbocycles. The predicted molar refractivity (Wildman–Crippen MR) is 53.6 cm³/mol. The van der Waals surface area contributed by atoms with Crippen molar-refractivity contribution >= 4 is 0 Å². The topological polar surface area (TPSA) is 18.5 Å². The van der Waals surface area contributed by atoms with Gasteiger partial charge in [0.15, 0.2) is 6.29 Å². The predicted octanol–water partition coefficient (Wildman–Crippen LogP) is 2.10. The van der Waals surface area contributed by atoms with E-state index in [1.54, 1.807) is 0 Å². The van der Waals surface area contributed by atoms with Crippen LogP contribution in [-0.2, 0) is 9.47 Å². The maximum absolute atomic E-state index is 5.46. The van der Waals surface area contributed by atoms with Crippen LogP contribution in [0.15, 0.2) is 24.3 Å². The van der Waals surface area contributed by atoms with Gasteiger partial charge in [-0.15, -0.1) is 6.42 Å². The summed E-state index contributed by atoms with van der Waals surface area (Å²) in [7, 11) is 0. The molecule has 72 valence electrons. The Labute approximate surface area is 83.8 Å². The van der Waals surface area contributed by atoms with Crippen LogP contribution in [0.3, 0.4) is 0 Å². The highest BCUT2D eigenvalue weighted by atomic mass is 16.7. The molecule has 2 heteroatoms. The lowest BCUT2D eigenvalue weighted by molar-refractivity contribution is -0.183. The SMILES string of the molecule is C#Cc1ccc(C2OCCCO2)cc1. The molecule has 1 aromatic carbocycles. The van der Waals surface area contributed by atoms with Gasteiger partial charge >= 0.3 is 0 Å². The summed E-state index contributed by atoms with van der Waals surface area (Å²) in [6.45, 7) is 1.53. The van der Waals surface area contributed by atoms with E-state index in [2.05, 4.69) is 5.92 Å². The van der Waals surface area contributed by atoms with Crippen LogP contribution in [0.2, 0.25) is 0 Å². The van der Waals surface area contributed by atoms with Gasteiger partial charge in [-0.05, 0) is 18.6 Å². The monoisotopic (exact) mass is 188 g/mol. The lowest BCUT2D eigenvalue weighted by atomic mass is 10.1. The molecule has 0 spiro atoms. The van der Waals surface area contributed by atoms with E-state index in [0.717, 1.165) is 30.8 Å². The Bertz CT molecular complexity index is 328. The molecule has 0 unspecified atom stereocenters. The van der Waals surface area contributed by atoms with Crippen LogP contribution in [0, 0.1) is 12.3 Å². The van der Waals surface area contributed by atoms with Crippen molar-refractivity contribution in [2.45, 2.75) is 12.7 Å². The van der Waals surface area contributed by atoms with E-state index < -0.39 is 0 Å². The Morgan fingerprint density at radius 2 is 1.79 bits per heavy atom. The van der Waals surface area contributed by atoms with Crippen molar-refractivity contribution in [1.29, 1.82) is 0 Å². The standard InChI is InChI=1S/C12H12O2/c1-2-10-4-6-11(7-5-10)12-13-8-3-9-14-12/h1,4-7,12H,3,8-9H2. The smallest absolute Gasteiger partial charge is 0.183 e. The molecule has 0 bridgehead atoms. The van der Waals surface area contributed by atoms with Gasteiger partial charge in [-0.1, -0.05) is 18.1 Å². The van der Waals surface area contributed by atoms with Crippen LogP contribution in [0.1, 0.15) is 23.8 Å². The van der Waals surface area contributed by atoms with E-state index >= 15 is 0 Å². The maximum Gasteiger partial charge on any atom is 0.183 e. The summed E-state index contributed by atoms with van der Waals surface area (Å²) >= 11 is 0. The molecule has 14 heavy (non-hydrogen) atoms. The van der Waals surface area contributed by atoms with Crippen LogP contribution in [0.25, 0.3) is 0 Å². The minimum absolute atomic E-state index is 0.212. The number of ether oxygens (including phenoxy) is 2. The summed E-state index contributed by atoms with van der Waals surface area (Å²) in [6.07, 6.45) is 6.02. The average Bonchev–Trinajstić information content (AvgIpc) is 2.30. The summed E-state index contributed by atoms with van der Waals surface area (Å²) in [5.41, 5.74) is 1.91. The Balaban J connectivity index is 2.12. The minimum atomic E-state index is -0.212. The normalized spacial score (nSPS) is 17.6. The molecule has 0 radical (unpaired) electrons. The van der Waals surface area contributed by atoms with Gasteiger partial charge in [0.2, 0.25) is 0 Å². The molecule has 1 aliphatic rings. The van der Waals surface area contributed by atoms with Gasteiger partial charge in [0.05, 0.1) is 13.2 Å². The van der Waals surface area contributed by atoms with Crippen molar-refractivity contribution in [3.8, 4) is 12.3 Å². The lowest BCUT2D eigenvalue weighted by Gasteiger charge is -2.23. The fourth-order valence-corrected chi connectivity index (χ4v) is 1.42. The third kappa shape index (κ3) is 1.95. The Kier molecular flexibility index (Phi) is 2.83. The van der Waals surface area contributed by atoms with E-state index in [1.807, 2.05) is 24.3 Å². The zero-order valence-electron chi connectivity index (χ0n) is 7.90. The van der Waals surface area contributed by atoms with Crippen molar-refractivity contribution in [2.24, 2.45) is 0 Å². The summed E-state index contributed by atoms with van der Waals surface area (Å²) in [5.74, 6) is 2.58. The van der Waals surface area contributed by atoms with Crippen LogP contribution in [0.4, 0.5) is 0 Å². The van der Waals surface area contributed by atoms with Crippen molar-refractivity contribution in [3.63, 3.8) is 0 Å². The third-order valence-electron chi connectivity index (χ3n) is 2.18. The van der Waals surface area contributed by atoms with Crippen LogP contribution >= 0.6 is 0 Å². The first-order chi connectivity index (χ1) is 6.90. The molecule has 0 N–H and O–H groups in total. The van der Waals surface area contributed by atoms with Gasteiger partial charge in [0.25, 0.3) is 0 Å². The molecule has 0 amide bonds. The fraction of sp³-hybridized carbons (Fsp3) is 0.333. The van der Waals surface area contributed by atoms with E-state index in [4.69, 9.17) is 15.9 Å². The molecule has 1 saturated heterocycles. The van der Waals surface area contributed by atoms with Gasteiger partial charge in [-0.3, -0.25) is 0 Å². The lowest BCUT2D eigenvalue weighted by Crippen LogP contribution is -2.17. The first-order valence-electron chi connectivity index (χ1n) is 4.70. The first-order valence-corrected chi connectivity index (χ1v) is 4.70. The second-order valence-corrected chi connectivity index (χ2v) is 3.19. The highest BCUT2D eigenvalue weighted by Crippen LogP contribution is 2.22. The molecule has 1 aliphatic heterocycles. The van der Waals surface area contributed by atoms with Crippen molar-refractivity contribution < 1.29 is 9.47 Å². The number of rotatable bonds is 1. The molecule has 2 nitrogen and oxygen atoms in total. The van der Waals surface area contributed by atoms with Gasteiger partial charge in [-0.2, -0.15) is 0 Å². The van der Waals surface area contributed by atoms with Crippen LogP contribution in [-0.4, -0.2) is 13.2 Å². The van der Waals surface area contributed by atoms with Crippen LogP contribution < -0.4 is 0 Å². The quantitative estimate of drug-likeness (QED) is 0.628. The van der Waals surface area contributed by atoms with Gasteiger partial charge in [-0.25, -0.2) is 0 Å². The highest BCUT2D eigenvalue weighted by molar-refractivity contribution is 5.34. The number of terminal acetylenes is 1. The molecule has 0 aromatic heterocycles. The number of hydrogen-bond donors (Lipinski definition) is 0. The van der Waals surface area contributed by atoms with Gasteiger partial charge in [0.1, 0.15) is 0 Å². The molecular formula is C12H12O2. The molecule has 1 heterocycles.